The predicted octanol–water partition coefficient (Wildman–Crippen LogP) is 0.131. The van der Waals surface area contributed by atoms with Gasteiger partial charge in [0.2, 0.25) is 0 Å². The summed E-state index contributed by atoms with van der Waals surface area (Å²) in [5.41, 5.74) is 4.84. The SMILES string of the molecule is C=COC(=O)[C@H]1[C@H]2[C@@H]1C(N)(C(=O)OCC)C[C@@H]2OC(C)=O. The van der Waals surface area contributed by atoms with Gasteiger partial charge in [-0.15, -0.1) is 0 Å². The molecule has 0 spiro atoms. The Balaban J connectivity index is 2.21. The molecule has 0 aromatic heterocycles. The van der Waals surface area contributed by atoms with Gasteiger partial charge in [-0.1, -0.05) is 6.58 Å². The van der Waals surface area contributed by atoms with Crippen LogP contribution in [0.25, 0.3) is 0 Å². The van der Waals surface area contributed by atoms with Crippen LogP contribution in [-0.4, -0.2) is 36.2 Å². The van der Waals surface area contributed by atoms with Crippen LogP contribution in [0.3, 0.4) is 0 Å². The summed E-state index contributed by atoms with van der Waals surface area (Å²) < 4.78 is 14.9. The van der Waals surface area contributed by atoms with Gasteiger partial charge in [-0.05, 0) is 6.92 Å². The molecule has 2 aliphatic rings. The number of fused-ring (bicyclic) bond motifs is 1. The van der Waals surface area contributed by atoms with E-state index in [9.17, 15) is 14.4 Å². The molecule has 7 nitrogen and oxygen atoms in total. The molecule has 21 heavy (non-hydrogen) atoms. The van der Waals surface area contributed by atoms with Crippen LogP contribution >= 0.6 is 0 Å². The zero-order chi connectivity index (χ0) is 15.8. The van der Waals surface area contributed by atoms with E-state index in [0.29, 0.717) is 0 Å². The Morgan fingerprint density at radius 2 is 2.10 bits per heavy atom. The van der Waals surface area contributed by atoms with Crippen molar-refractivity contribution in [2.24, 2.45) is 23.5 Å². The van der Waals surface area contributed by atoms with Gasteiger partial charge >= 0.3 is 17.9 Å². The Morgan fingerprint density at radius 1 is 1.43 bits per heavy atom. The number of nitrogens with two attached hydrogens (primary N) is 1. The second-order valence-corrected chi connectivity index (χ2v) is 5.35. The Hall–Kier alpha value is -1.89. The van der Waals surface area contributed by atoms with Crippen LogP contribution in [-0.2, 0) is 28.6 Å². The van der Waals surface area contributed by atoms with Crippen molar-refractivity contribution in [2.75, 3.05) is 6.61 Å². The van der Waals surface area contributed by atoms with Crippen LogP contribution in [0.15, 0.2) is 12.8 Å². The first kappa shape index (κ1) is 15.5. The number of ether oxygens (including phenoxy) is 3. The number of rotatable bonds is 5. The first-order chi connectivity index (χ1) is 9.86. The predicted molar refractivity (Wildman–Crippen MR) is 70.5 cm³/mol. The molecule has 116 valence electrons. The molecule has 2 fully saturated rings. The first-order valence-corrected chi connectivity index (χ1v) is 6.81. The molecule has 2 rings (SSSR count). The number of esters is 3. The average molecular weight is 297 g/mol. The van der Waals surface area contributed by atoms with Gasteiger partial charge < -0.3 is 19.9 Å². The normalized spacial score (nSPS) is 36.3. The van der Waals surface area contributed by atoms with Gasteiger partial charge in [0.05, 0.1) is 18.8 Å². The van der Waals surface area contributed by atoms with Crippen LogP contribution in [0.4, 0.5) is 0 Å². The third-order valence-corrected chi connectivity index (χ3v) is 4.08. The van der Waals surface area contributed by atoms with Gasteiger partial charge in [0.25, 0.3) is 0 Å². The average Bonchev–Trinajstić information content (AvgIpc) is 3.07. The van der Waals surface area contributed by atoms with Crippen LogP contribution in [0.1, 0.15) is 20.3 Å². The minimum atomic E-state index is -1.33. The van der Waals surface area contributed by atoms with E-state index in [1.807, 2.05) is 0 Å². The molecular formula is C14H19NO6. The molecule has 1 unspecified atom stereocenters. The van der Waals surface area contributed by atoms with E-state index >= 15 is 0 Å². The highest BCUT2D eigenvalue weighted by Crippen LogP contribution is 2.63. The van der Waals surface area contributed by atoms with Crippen molar-refractivity contribution in [3.8, 4) is 0 Å². The third-order valence-electron chi connectivity index (χ3n) is 4.08. The minimum absolute atomic E-state index is 0.151. The highest BCUT2D eigenvalue weighted by molar-refractivity contribution is 5.87. The number of carbonyl (C=O) groups is 3. The standard InChI is InChI=1S/C14H19NO6/c1-4-19-12(17)10-9-8(21-7(3)16)6-14(15,11(9)10)13(18)20-5-2/h4,8-11H,1,5-6,15H2,2-3H3/t8-,9-,10-,11-,14?/m0/s1. The summed E-state index contributed by atoms with van der Waals surface area (Å²) in [6.45, 7) is 6.46. The van der Waals surface area contributed by atoms with Crippen LogP contribution in [0.5, 0.6) is 0 Å². The molecule has 0 saturated heterocycles. The zero-order valence-corrected chi connectivity index (χ0v) is 12.0. The van der Waals surface area contributed by atoms with E-state index in [2.05, 4.69) is 6.58 Å². The van der Waals surface area contributed by atoms with Gasteiger partial charge in [-0.3, -0.25) is 14.4 Å². The van der Waals surface area contributed by atoms with Crippen molar-refractivity contribution < 1.29 is 28.6 Å². The van der Waals surface area contributed by atoms with E-state index in [1.54, 1.807) is 6.92 Å². The lowest BCUT2D eigenvalue weighted by atomic mass is 9.91. The smallest absolute Gasteiger partial charge is 0.326 e. The van der Waals surface area contributed by atoms with Crippen LogP contribution in [0, 0.1) is 17.8 Å². The van der Waals surface area contributed by atoms with Crippen LogP contribution in [0.2, 0.25) is 0 Å². The fourth-order valence-corrected chi connectivity index (χ4v) is 3.35. The summed E-state index contributed by atoms with van der Waals surface area (Å²) in [6.07, 6.45) is 0.600. The molecule has 0 bridgehead atoms. The third kappa shape index (κ3) is 2.53. The molecule has 2 N–H and O–H groups in total. The summed E-state index contributed by atoms with van der Waals surface area (Å²) >= 11 is 0. The summed E-state index contributed by atoms with van der Waals surface area (Å²) in [5.74, 6) is -2.89. The maximum Gasteiger partial charge on any atom is 0.326 e. The van der Waals surface area contributed by atoms with Gasteiger partial charge in [0, 0.05) is 25.2 Å². The Morgan fingerprint density at radius 3 is 2.62 bits per heavy atom. The van der Waals surface area contributed by atoms with Crippen molar-refractivity contribution in [3.05, 3.63) is 12.8 Å². The topological polar surface area (TPSA) is 105 Å². The highest BCUT2D eigenvalue weighted by Gasteiger charge is 2.75. The quantitative estimate of drug-likeness (QED) is 0.437. The van der Waals surface area contributed by atoms with Crippen molar-refractivity contribution in [2.45, 2.75) is 31.9 Å². The van der Waals surface area contributed by atoms with Crippen molar-refractivity contribution in [1.29, 1.82) is 0 Å². The summed E-state index contributed by atoms with van der Waals surface area (Å²) in [7, 11) is 0. The van der Waals surface area contributed by atoms with Crippen molar-refractivity contribution in [1.82, 2.24) is 0 Å². The highest BCUT2D eigenvalue weighted by atomic mass is 16.6. The lowest BCUT2D eigenvalue weighted by molar-refractivity contribution is -0.156. The summed E-state index contributed by atoms with van der Waals surface area (Å²) in [4.78, 5) is 35.1. The summed E-state index contributed by atoms with van der Waals surface area (Å²) in [6, 6.07) is 0. The van der Waals surface area contributed by atoms with Gasteiger partial charge in [-0.25, -0.2) is 0 Å². The number of hydrogen-bond acceptors (Lipinski definition) is 7. The maximum absolute atomic E-state index is 12.1. The van der Waals surface area contributed by atoms with E-state index in [1.165, 1.54) is 6.92 Å². The van der Waals surface area contributed by atoms with Gasteiger partial charge in [0.15, 0.2) is 0 Å². The molecule has 2 aliphatic carbocycles. The summed E-state index contributed by atoms with van der Waals surface area (Å²) in [5, 5.41) is 0. The Bertz CT molecular complexity index is 490. The van der Waals surface area contributed by atoms with E-state index in [4.69, 9.17) is 19.9 Å². The molecule has 0 aromatic rings. The van der Waals surface area contributed by atoms with E-state index in [0.717, 1.165) is 6.26 Å². The number of hydrogen-bond donors (Lipinski definition) is 1. The van der Waals surface area contributed by atoms with E-state index in [-0.39, 0.29) is 18.9 Å². The monoisotopic (exact) mass is 297 g/mol. The van der Waals surface area contributed by atoms with Gasteiger partial charge in [0.1, 0.15) is 11.6 Å². The van der Waals surface area contributed by atoms with Crippen molar-refractivity contribution >= 4 is 17.9 Å². The van der Waals surface area contributed by atoms with Crippen LogP contribution < -0.4 is 5.73 Å². The molecular weight excluding hydrogens is 278 g/mol. The fourth-order valence-electron chi connectivity index (χ4n) is 3.35. The Kier molecular flexibility index (Phi) is 4.04. The van der Waals surface area contributed by atoms with Crippen molar-refractivity contribution in [3.63, 3.8) is 0 Å². The molecule has 0 radical (unpaired) electrons. The molecule has 7 heteroatoms. The second-order valence-electron chi connectivity index (χ2n) is 5.35. The minimum Gasteiger partial charge on any atom is -0.465 e. The largest absolute Gasteiger partial charge is 0.465 e. The molecule has 0 aliphatic heterocycles. The lowest BCUT2D eigenvalue weighted by Gasteiger charge is -2.26. The molecule has 5 atom stereocenters. The van der Waals surface area contributed by atoms with E-state index < -0.39 is 41.4 Å². The molecule has 0 aromatic carbocycles. The molecule has 2 saturated carbocycles. The van der Waals surface area contributed by atoms with Gasteiger partial charge in [-0.2, -0.15) is 0 Å². The number of carbonyl (C=O) groups excluding carboxylic acids is 3. The maximum atomic E-state index is 12.1. The molecule has 0 amide bonds. The second kappa shape index (κ2) is 5.48. The molecule has 0 heterocycles. The Labute approximate surface area is 122 Å². The zero-order valence-electron chi connectivity index (χ0n) is 12.0. The fraction of sp³-hybridized carbons (Fsp3) is 0.643. The lowest BCUT2D eigenvalue weighted by Crippen LogP contribution is -2.52. The first-order valence-electron chi connectivity index (χ1n) is 6.81.